The van der Waals surface area contributed by atoms with Crippen molar-refractivity contribution in [1.29, 1.82) is 0 Å². The molecule has 0 saturated carbocycles. The molecule has 0 fully saturated rings. The summed E-state index contributed by atoms with van der Waals surface area (Å²) in [5, 5.41) is 3.96. The van der Waals surface area contributed by atoms with E-state index in [1.165, 1.54) is 11.6 Å². The van der Waals surface area contributed by atoms with E-state index in [9.17, 15) is 4.79 Å². The molecular formula is C18H17Cl2NO. The maximum atomic E-state index is 12.1. The van der Waals surface area contributed by atoms with E-state index in [-0.39, 0.29) is 5.78 Å². The van der Waals surface area contributed by atoms with Gasteiger partial charge in [-0.25, -0.2) is 0 Å². The van der Waals surface area contributed by atoms with Gasteiger partial charge in [0.1, 0.15) is 0 Å². The molecular weight excluding hydrogens is 317 g/mol. The molecule has 4 heteroatoms. The maximum Gasteiger partial charge on any atom is 0.187 e. The van der Waals surface area contributed by atoms with Gasteiger partial charge in [0.15, 0.2) is 5.78 Å². The fourth-order valence-corrected chi connectivity index (χ4v) is 2.23. The van der Waals surface area contributed by atoms with Crippen molar-refractivity contribution in [3.8, 4) is 0 Å². The molecule has 0 aliphatic carbocycles. The van der Waals surface area contributed by atoms with Crippen LogP contribution in [-0.4, -0.2) is 5.78 Å². The zero-order chi connectivity index (χ0) is 16.1. The van der Waals surface area contributed by atoms with Crippen molar-refractivity contribution in [2.75, 3.05) is 5.32 Å². The molecule has 0 spiro atoms. The van der Waals surface area contributed by atoms with E-state index in [4.69, 9.17) is 23.2 Å². The van der Waals surface area contributed by atoms with Crippen LogP contribution in [-0.2, 0) is 0 Å². The molecule has 2 aromatic carbocycles. The minimum absolute atomic E-state index is 0.0529. The Labute approximate surface area is 140 Å². The van der Waals surface area contributed by atoms with Gasteiger partial charge in [-0.05, 0) is 29.7 Å². The van der Waals surface area contributed by atoms with Gasteiger partial charge in [0.05, 0.1) is 10.0 Å². The number of nitrogens with one attached hydrogen (secondary N) is 1. The number of anilines is 1. The first-order valence-corrected chi connectivity index (χ1v) is 7.75. The van der Waals surface area contributed by atoms with Gasteiger partial charge >= 0.3 is 0 Å². The largest absolute Gasteiger partial charge is 0.362 e. The van der Waals surface area contributed by atoms with Crippen molar-refractivity contribution in [3.05, 3.63) is 75.9 Å². The number of ketones is 1. The van der Waals surface area contributed by atoms with Crippen LogP contribution < -0.4 is 5.32 Å². The van der Waals surface area contributed by atoms with E-state index in [1.54, 1.807) is 24.4 Å². The number of benzene rings is 2. The van der Waals surface area contributed by atoms with E-state index < -0.39 is 0 Å². The van der Waals surface area contributed by atoms with Crippen LogP contribution in [0, 0.1) is 0 Å². The standard InChI is InChI=1S/C18H17Cl2NO/c1-12(2)13-3-5-14(6-4-13)18(22)9-10-21-15-7-8-16(19)17(20)11-15/h3-12,21H,1-2H3/b10-9+. The quantitative estimate of drug-likeness (QED) is 0.543. The summed E-state index contributed by atoms with van der Waals surface area (Å²) in [5.41, 5.74) is 2.65. The van der Waals surface area contributed by atoms with Crippen molar-refractivity contribution in [3.63, 3.8) is 0 Å². The molecule has 0 amide bonds. The zero-order valence-electron chi connectivity index (χ0n) is 12.4. The number of carbonyl (C=O) groups is 1. The third-order valence-corrected chi connectivity index (χ3v) is 4.01. The number of allylic oxidation sites excluding steroid dienone is 1. The first-order chi connectivity index (χ1) is 10.5. The lowest BCUT2D eigenvalue weighted by atomic mass is 10.0. The average Bonchev–Trinajstić information content (AvgIpc) is 2.51. The summed E-state index contributed by atoms with van der Waals surface area (Å²) >= 11 is 11.8. The minimum atomic E-state index is -0.0529. The van der Waals surface area contributed by atoms with Gasteiger partial charge in [0.25, 0.3) is 0 Å². The molecule has 1 N–H and O–H groups in total. The van der Waals surface area contributed by atoms with Crippen molar-refractivity contribution in [1.82, 2.24) is 0 Å². The van der Waals surface area contributed by atoms with Gasteiger partial charge in [-0.15, -0.1) is 0 Å². The molecule has 0 aliphatic heterocycles. The second-order valence-corrected chi connectivity index (χ2v) is 6.06. The fourth-order valence-electron chi connectivity index (χ4n) is 1.93. The molecule has 0 saturated heterocycles. The lowest BCUT2D eigenvalue weighted by molar-refractivity contribution is 0.104. The summed E-state index contributed by atoms with van der Waals surface area (Å²) in [5.74, 6) is 0.402. The summed E-state index contributed by atoms with van der Waals surface area (Å²) in [6.07, 6.45) is 3.09. The highest BCUT2D eigenvalue weighted by Gasteiger charge is 2.03. The van der Waals surface area contributed by atoms with Crippen LogP contribution in [0.1, 0.15) is 35.7 Å². The summed E-state index contributed by atoms with van der Waals surface area (Å²) < 4.78 is 0. The number of rotatable bonds is 5. The first-order valence-electron chi connectivity index (χ1n) is 7.00. The molecule has 0 atom stereocenters. The highest BCUT2D eigenvalue weighted by atomic mass is 35.5. The molecule has 0 bridgehead atoms. The Hall–Kier alpha value is -1.77. The van der Waals surface area contributed by atoms with E-state index >= 15 is 0 Å². The molecule has 2 nitrogen and oxygen atoms in total. The maximum absolute atomic E-state index is 12.1. The smallest absolute Gasteiger partial charge is 0.187 e. The Kier molecular flexibility index (Phi) is 5.64. The van der Waals surface area contributed by atoms with Crippen molar-refractivity contribution >= 4 is 34.7 Å². The van der Waals surface area contributed by atoms with Crippen LogP contribution in [0.2, 0.25) is 10.0 Å². The van der Waals surface area contributed by atoms with E-state index in [0.29, 0.717) is 21.5 Å². The van der Waals surface area contributed by atoms with Gasteiger partial charge in [-0.3, -0.25) is 4.79 Å². The molecule has 0 aromatic heterocycles. The predicted octanol–water partition coefficient (Wildman–Crippen LogP) is 5.93. The summed E-state index contributed by atoms with van der Waals surface area (Å²) in [6, 6.07) is 12.9. The Bertz CT molecular complexity index is 691. The Morgan fingerprint density at radius 3 is 2.32 bits per heavy atom. The Balaban J connectivity index is 2.00. The molecule has 0 unspecified atom stereocenters. The van der Waals surface area contributed by atoms with E-state index in [2.05, 4.69) is 19.2 Å². The minimum Gasteiger partial charge on any atom is -0.362 e. The predicted molar refractivity (Wildman–Crippen MR) is 94.1 cm³/mol. The van der Waals surface area contributed by atoms with Crippen LogP contribution >= 0.6 is 23.2 Å². The topological polar surface area (TPSA) is 29.1 Å². The Morgan fingerprint density at radius 1 is 1.05 bits per heavy atom. The van der Waals surface area contributed by atoms with Crippen LogP contribution in [0.25, 0.3) is 0 Å². The van der Waals surface area contributed by atoms with Crippen LogP contribution in [0.15, 0.2) is 54.7 Å². The molecule has 22 heavy (non-hydrogen) atoms. The lowest BCUT2D eigenvalue weighted by Gasteiger charge is -2.05. The van der Waals surface area contributed by atoms with Crippen molar-refractivity contribution in [2.24, 2.45) is 0 Å². The van der Waals surface area contributed by atoms with E-state index in [1.807, 2.05) is 24.3 Å². The number of carbonyl (C=O) groups excluding carboxylic acids is 1. The molecule has 2 aromatic rings. The first kappa shape index (κ1) is 16.6. The highest BCUT2D eigenvalue weighted by Crippen LogP contribution is 2.25. The third kappa shape index (κ3) is 4.36. The van der Waals surface area contributed by atoms with Gasteiger partial charge in [-0.1, -0.05) is 61.3 Å². The van der Waals surface area contributed by atoms with Gasteiger partial charge in [0, 0.05) is 23.5 Å². The van der Waals surface area contributed by atoms with Crippen molar-refractivity contribution in [2.45, 2.75) is 19.8 Å². The molecule has 114 valence electrons. The monoisotopic (exact) mass is 333 g/mol. The Morgan fingerprint density at radius 2 is 1.73 bits per heavy atom. The number of halogens is 2. The highest BCUT2D eigenvalue weighted by molar-refractivity contribution is 6.42. The van der Waals surface area contributed by atoms with Gasteiger partial charge in [0.2, 0.25) is 0 Å². The summed E-state index contributed by atoms with van der Waals surface area (Å²) in [7, 11) is 0. The van der Waals surface area contributed by atoms with Crippen LogP contribution in [0.3, 0.4) is 0 Å². The number of hydrogen-bond acceptors (Lipinski definition) is 2. The number of hydrogen-bond donors (Lipinski definition) is 1. The molecule has 0 radical (unpaired) electrons. The molecule has 2 rings (SSSR count). The summed E-state index contributed by atoms with van der Waals surface area (Å²) in [6.45, 7) is 4.25. The second kappa shape index (κ2) is 7.48. The van der Waals surface area contributed by atoms with Gasteiger partial charge in [-0.2, -0.15) is 0 Å². The van der Waals surface area contributed by atoms with Gasteiger partial charge < -0.3 is 5.32 Å². The fraction of sp³-hybridized carbons (Fsp3) is 0.167. The molecule has 0 aliphatic rings. The normalized spacial score (nSPS) is 11.1. The summed E-state index contributed by atoms with van der Waals surface area (Å²) in [4.78, 5) is 12.1. The SMILES string of the molecule is CC(C)c1ccc(C(=O)/C=C/Nc2ccc(Cl)c(Cl)c2)cc1. The average molecular weight is 334 g/mol. The van der Waals surface area contributed by atoms with Crippen LogP contribution in [0.4, 0.5) is 5.69 Å². The lowest BCUT2D eigenvalue weighted by Crippen LogP contribution is -1.97. The zero-order valence-corrected chi connectivity index (χ0v) is 13.9. The molecule has 0 heterocycles. The van der Waals surface area contributed by atoms with Crippen LogP contribution in [0.5, 0.6) is 0 Å². The second-order valence-electron chi connectivity index (χ2n) is 5.25. The van der Waals surface area contributed by atoms with E-state index in [0.717, 1.165) is 5.69 Å². The third-order valence-electron chi connectivity index (χ3n) is 3.27. The van der Waals surface area contributed by atoms with Crippen molar-refractivity contribution < 1.29 is 4.79 Å².